The van der Waals surface area contributed by atoms with Crippen LogP contribution in [0.1, 0.15) is 37.4 Å². The number of nitrogens with two attached hydrogens (primary N) is 1. The number of ether oxygens (including phenoxy) is 1. The fraction of sp³-hybridized carbons (Fsp3) is 0.750. The molecule has 98 valence electrons. The van der Waals surface area contributed by atoms with Gasteiger partial charge in [0.05, 0.1) is 18.3 Å². The highest BCUT2D eigenvalue weighted by Crippen LogP contribution is 2.30. The molecule has 17 heavy (non-hydrogen) atoms. The zero-order chi connectivity index (χ0) is 13.0. The lowest BCUT2D eigenvalue weighted by Crippen LogP contribution is -2.36. The van der Waals surface area contributed by atoms with E-state index in [1.54, 1.807) is 18.4 Å². The van der Waals surface area contributed by atoms with Gasteiger partial charge in [-0.05, 0) is 27.7 Å². The zero-order valence-electron chi connectivity index (χ0n) is 11.4. The number of methoxy groups -OCH3 is 1. The Bertz CT molecular complexity index is 352. The first-order valence-corrected chi connectivity index (χ1v) is 6.81. The van der Waals surface area contributed by atoms with Crippen molar-refractivity contribution in [1.29, 1.82) is 0 Å². The van der Waals surface area contributed by atoms with Crippen molar-refractivity contribution in [1.82, 2.24) is 4.98 Å². The van der Waals surface area contributed by atoms with E-state index < -0.39 is 0 Å². The van der Waals surface area contributed by atoms with E-state index in [0.717, 1.165) is 17.4 Å². The van der Waals surface area contributed by atoms with Crippen LogP contribution in [0.2, 0.25) is 0 Å². The van der Waals surface area contributed by atoms with E-state index in [-0.39, 0.29) is 6.04 Å². The van der Waals surface area contributed by atoms with Crippen LogP contribution in [0.15, 0.2) is 0 Å². The number of anilines is 1. The molecule has 1 rings (SSSR count). The van der Waals surface area contributed by atoms with Gasteiger partial charge in [0.1, 0.15) is 0 Å². The summed E-state index contributed by atoms with van der Waals surface area (Å²) in [4.78, 5) is 8.04. The zero-order valence-corrected chi connectivity index (χ0v) is 12.2. The van der Waals surface area contributed by atoms with Crippen LogP contribution in [0.4, 0.5) is 5.13 Å². The molecule has 0 bridgehead atoms. The average Bonchev–Trinajstić information content (AvgIpc) is 2.62. The Morgan fingerprint density at radius 1 is 1.47 bits per heavy atom. The smallest absolute Gasteiger partial charge is 0.186 e. The second-order valence-electron chi connectivity index (χ2n) is 4.33. The largest absolute Gasteiger partial charge is 0.383 e. The molecule has 0 saturated heterocycles. The van der Waals surface area contributed by atoms with Crippen LogP contribution in [0.3, 0.4) is 0 Å². The molecular weight excluding hydrogens is 234 g/mol. The van der Waals surface area contributed by atoms with Gasteiger partial charge in [0.2, 0.25) is 0 Å². The Kier molecular flexibility index (Phi) is 5.36. The normalized spacial score (nSPS) is 14.7. The number of aryl methyl sites for hydroxylation is 1. The van der Waals surface area contributed by atoms with Gasteiger partial charge < -0.3 is 15.4 Å². The average molecular weight is 257 g/mol. The Labute approximate surface area is 108 Å². The molecule has 1 aromatic heterocycles. The highest BCUT2D eigenvalue weighted by Gasteiger charge is 2.19. The van der Waals surface area contributed by atoms with Crippen molar-refractivity contribution >= 4 is 16.5 Å². The van der Waals surface area contributed by atoms with Crippen molar-refractivity contribution in [2.24, 2.45) is 5.73 Å². The summed E-state index contributed by atoms with van der Waals surface area (Å²) in [6, 6.07) is 0.383. The van der Waals surface area contributed by atoms with Crippen LogP contribution in [-0.4, -0.2) is 31.3 Å². The Morgan fingerprint density at radius 2 is 2.12 bits per heavy atom. The number of rotatable bonds is 6. The first kappa shape index (κ1) is 14.4. The van der Waals surface area contributed by atoms with Crippen molar-refractivity contribution in [2.75, 3.05) is 25.2 Å². The second-order valence-corrected chi connectivity index (χ2v) is 5.33. The topological polar surface area (TPSA) is 51.4 Å². The summed E-state index contributed by atoms with van der Waals surface area (Å²) < 4.78 is 5.20. The SMILES string of the molecule is CCN(c1nc(C)c(C(C)N)s1)C(C)COC. The van der Waals surface area contributed by atoms with Gasteiger partial charge in [-0.1, -0.05) is 0 Å². The lowest BCUT2D eigenvalue weighted by atomic mass is 10.2. The van der Waals surface area contributed by atoms with Crippen LogP contribution in [0.25, 0.3) is 0 Å². The summed E-state index contributed by atoms with van der Waals surface area (Å²) in [5.41, 5.74) is 6.98. The third-order valence-electron chi connectivity index (χ3n) is 2.76. The van der Waals surface area contributed by atoms with Crippen LogP contribution >= 0.6 is 11.3 Å². The molecule has 2 N–H and O–H groups in total. The number of likely N-dealkylation sites (N-methyl/N-ethyl adjacent to an activating group) is 1. The monoisotopic (exact) mass is 257 g/mol. The van der Waals surface area contributed by atoms with Gasteiger partial charge in [-0.25, -0.2) is 4.98 Å². The summed E-state index contributed by atoms with van der Waals surface area (Å²) in [5.74, 6) is 0. The van der Waals surface area contributed by atoms with Gasteiger partial charge in [-0.3, -0.25) is 0 Å². The molecule has 0 aliphatic heterocycles. The third kappa shape index (κ3) is 3.40. The number of hydrogen-bond donors (Lipinski definition) is 1. The fourth-order valence-corrected chi connectivity index (χ4v) is 3.09. The highest BCUT2D eigenvalue weighted by molar-refractivity contribution is 7.15. The summed E-state index contributed by atoms with van der Waals surface area (Å²) in [5, 5.41) is 1.04. The van der Waals surface area contributed by atoms with Crippen LogP contribution < -0.4 is 10.6 Å². The van der Waals surface area contributed by atoms with E-state index in [1.807, 2.05) is 13.8 Å². The summed E-state index contributed by atoms with van der Waals surface area (Å²) in [6.07, 6.45) is 0. The lowest BCUT2D eigenvalue weighted by Gasteiger charge is -2.26. The molecule has 0 radical (unpaired) electrons. The van der Waals surface area contributed by atoms with Crippen LogP contribution in [0.5, 0.6) is 0 Å². The van der Waals surface area contributed by atoms with Gasteiger partial charge in [-0.15, -0.1) is 11.3 Å². The Hall–Kier alpha value is -0.650. The molecule has 0 aliphatic rings. The summed E-state index contributed by atoms with van der Waals surface area (Å²) >= 11 is 1.69. The number of nitrogens with zero attached hydrogens (tertiary/aromatic N) is 2. The third-order valence-corrected chi connectivity index (χ3v) is 4.16. The maximum atomic E-state index is 5.93. The van der Waals surface area contributed by atoms with Gasteiger partial charge in [0.25, 0.3) is 0 Å². The van der Waals surface area contributed by atoms with Gasteiger partial charge in [-0.2, -0.15) is 0 Å². The van der Waals surface area contributed by atoms with Crippen molar-refractivity contribution in [3.05, 3.63) is 10.6 Å². The van der Waals surface area contributed by atoms with E-state index in [9.17, 15) is 0 Å². The van der Waals surface area contributed by atoms with Crippen molar-refractivity contribution in [2.45, 2.75) is 39.8 Å². The van der Waals surface area contributed by atoms with E-state index in [2.05, 4.69) is 23.7 Å². The van der Waals surface area contributed by atoms with E-state index in [4.69, 9.17) is 10.5 Å². The molecule has 4 nitrogen and oxygen atoms in total. The molecule has 0 aromatic carbocycles. The maximum Gasteiger partial charge on any atom is 0.186 e. The Balaban J connectivity index is 2.92. The summed E-state index contributed by atoms with van der Waals surface area (Å²) in [6.45, 7) is 9.94. The molecule has 0 fully saturated rings. The molecule has 0 spiro atoms. The van der Waals surface area contributed by atoms with Gasteiger partial charge in [0, 0.05) is 24.6 Å². The maximum absolute atomic E-state index is 5.93. The van der Waals surface area contributed by atoms with E-state index in [1.165, 1.54) is 4.88 Å². The number of thiazole rings is 1. The fourth-order valence-electron chi connectivity index (χ4n) is 1.91. The molecule has 2 atom stereocenters. The molecule has 0 saturated carbocycles. The van der Waals surface area contributed by atoms with E-state index in [0.29, 0.717) is 12.6 Å². The Morgan fingerprint density at radius 3 is 2.53 bits per heavy atom. The van der Waals surface area contributed by atoms with E-state index >= 15 is 0 Å². The molecule has 1 heterocycles. The minimum absolute atomic E-state index is 0.0534. The molecule has 5 heteroatoms. The molecule has 0 amide bonds. The predicted molar refractivity (Wildman–Crippen MR) is 73.8 cm³/mol. The first-order valence-electron chi connectivity index (χ1n) is 5.99. The molecule has 1 aromatic rings. The van der Waals surface area contributed by atoms with Crippen LogP contribution in [-0.2, 0) is 4.74 Å². The van der Waals surface area contributed by atoms with Crippen molar-refractivity contribution in [3.8, 4) is 0 Å². The standard InChI is InChI=1S/C12H23N3OS/c1-6-15(8(2)7-16-5)12-14-10(4)11(17-12)9(3)13/h8-9H,6-7,13H2,1-5H3. The first-order chi connectivity index (χ1) is 8.01. The van der Waals surface area contributed by atoms with Gasteiger partial charge in [0.15, 0.2) is 5.13 Å². The van der Waals surface area contributed by atoms with Gasteiger partial charge >= 0.3 is 0 Å². The number of aromatic nitrogens is 1. The summed E-state index contributed by atoms with van der Waals surface area (Å²) in [7, 11) is 1.73. The predicted octanol–water partition coefficient (Wildman–Crippen LogP) is 2.33. The number of hydrogen-bond acceptors (Lipinski definition) is 5. The minimum Gasteiger partial charge on any atom is -0.383 e. The molecule has 2 unspecified atom stereocenters. The van der Waals surface area contributed by atoms with Crippen LogP contribution in [0, 0.1) is 6.92 Å². The highest BCUT2D eigenvalue weighted by atomic mass is 32.1. The van der Waals surface area contributed by atoms with Crippen molar-refractivity contribution < 1.29 is 4.74 Å². The quantitative estimate of drug-likeness (QED) is 0.850. The molecule has 0 aliphatic carbocycles. The second kappa shape index (κ2) is 6.33. The van der Waals surface area contributed by atoms with Crippen molar-refractivity contribution in [3.63, 3.8) is 0 Å². The molecular formula is C12H23N3OS. The minimum atomic E-state index is 0.0534. The lowest BCUT2D eigenvalue weighted by molar-refractivity contribution is 0.182.